The van der Waals surface area contributed by atoms with E-state index in [1.807, 2.05) is 0 Å². The van der Waals surface area contributed by atoms with Crippen LogP contribution >= 0.6 is 0 Å². The molecule has 3 rings (SSSR count). The smallest absolute Gasteiger partial charge is 0.391 e. The monoisotopic (exact) mass is 343 g/mol. The summed E-state index contributed by atoms with van der Waals surface area (Å²) in [5.41, 5.74) is -0.778. The molecule has 2 aliphatic heterocycles. The molecule has 1 aromatic carbocycles. The van der Waals surface area contributed by atoms with Gasteiger partial charge in [0.25, 0.3) is 0 Å². The second kappa shape index (κ2) is 5.34. The molecule has 2 saturated heterocycles. The fraction of sp³-hybridized carbons (Fsp3) is 0.467. The molecule has 24 heavy (non-hydrogen) atoms. The average Bonchev–Trinajstić information content (AvgIpc) is 3.01. The molecule has 0 saturated carbocycles. The predicted molar refractivity (Wildman–Crippen MR) is 74.7 cm³/mol. The van der Waals surface area contributed by atoms with Gasteiger partial charge in [-0.3, -0.25) is 4.90 Å². The molecule has 0 aliphatic carbocycles. The number of anilines is 1. The van der Waals surface area contributed by atoms with Crippen molar-refractivity contribution in [1.82, 2.24) is 4.90 Å². The molecule has 9 heteroatoms. The van der Waals surface area contributed by atoms with Crippen LogP contribution in [0.5, 0.6) is 0 Å². The van der Waals surface area contributed by atoms with Crippen molar-refractivity contribution in [2.45, 2.75) is 37.7 Å². The molecule has 2 fully saturated rings. The Morgan fingerprint density at radius 1 is 1.38 bits per heavy atom. The number of carbonyl (C=O) groups is 1. The number of aliphatic hydroxyl groups is 1. The van der Waals surface area contributed by atoms with Crippen molar-refractivity contribution in [3.8, 4) is 6.07 Å². The van der Waals surface area contributed by atoms with Gasteiger partial charge in [-0.05, 0) is 25.5 Å². The Bertz CT molecular complexity index is 743. The Morgan fingerprint density at radius 2 is 2.04 bits per heavy atom. The van der Waals surface area contributed by atoms with Crippen LogP contribution in [-0.2, 0) is 0 Å². The van der Waals surface area contributed by atoms with Crippen LogP contribution in [0.3, 0.4) is 0 Å². The zero-order valence-electron chi connectivity index (χ0n) is 12.5. The van der Waals surface area contributed by atoms with Crippen LogP contribution in [0.25, 0.3) is 0 Å². The van der Waals surface area contributed by atoms with E-state index in [4.69, 9.17) is 5.26 Å². The normalized spacial score (nSPS) is 26.7. The largest absolute Gasteiger partial charge is 0.411 e. The van der Waals surface area contributed by atoms with Crippen LogP contribution in [0.15, 0.2) is 12.1 Å². The van der Waals surface area contributed by atoms with Gasteiger partial charge in [-0.2, -0.15) is 18.4 Å². The molecule has 1 aromatic rings. The molecule has 2 aliphatic rings. The first-order valence-corrected chi connectivity index (χ1v) is 7.22. The van der Waals surface area contributed by atoms with Gasteiger partial charge in [0.05, 0.1) is 23.4 Å². The van der Waals surface area contributed by atoms with Crippen molar-refractivity contribution in [3.63, 3.8) is 0 Å². The number of nitriles is 1. The van der Waals surface area contributed by atoms with Crippen molar-refractivity contribution in [2.24, 2.45) is 0 Å². The van der Waals surface area contributed by atoms with Crippen molar-refractivity contribution < 1.29 is 27.5 Å². The molecule has 2 amide bonds. The van der Waals surface area contributed by atoms with Gasteiger partial charge in [0.1, 0.15) is 11.9 Å². The van der Waals surface area contributed by atoms with E-state index < -0.39 is 36.2 Å². The Morgan fingerprint density at radius 3 is 2.62 bits per heavy atom. The molecule has 5 nitrogen and oxygen atoms in total. The highest BCUT2D eigenvalue weighted by atomic mass is 19.4. The lowest BCUT2D eigenvalue weighted by Crippen LogP contribution is -2.51. The lowest BCUT2D eigenvalue weighted by Gasteiger charge is -2.30. The maximum Gasteiger partial charge on any atom is 0.411 e. The van der Waals surface area contributed by atoms with E-state index >= 15 is 0 Å². The first-order chi connectivity index (χ1) is 11.2. The Kier molecular flexibility index (Phi) is 3.68. The Hall–Kier alpha value is -2.34. The van der Waals surface area contributed by atoms with E-state index in [-0.39, 0.29) is 29.8 Å². The van der Waals surface area contributed by atoms with Crippen LogP contribution in [0, 0.1) is 24.1 Å². The van der Waals surface area contributed by atoms with Crippen molar-refractivity contribution in [1.29, 1.82) is 5.26 Å². The van der Waals surface area contributed by atoms with Gasteiger partial charge in [0, 0.05) is 12.1 Å². The zero-order chi connectivity index (χ0) is 17.8. The molecule has 1 N–H and O–H groups in total. The summed E-state index contributed by atoms with van der Waals surface area (Å²) >= 11 is 0. The summed E-state index contributed by atoms with van der Waals surface area (Å²) in [5.74, 6) is -0.962. The van der Waals surface area contributed by atoms with E-state index in [2.05, 4.69) is 0 Å². The van der Waals surface area contributed by atoms with E-state index in [1.165, 1.54) is 6.92 Å². The van der Waals surface area contributed by atoms with Crippen LogP contribution in [0.1, 0.15) is 17.5 Å². The molecule has 2 heterocycles. The highest BCUT2D eigenvalue weighted by Gasteiger charge is 2.62. The SMILES string of the molecule is Cc1c(N2C(=O)N3CCC(O)C3C2C(F)(F)F)ccc(C#N)c1F. The molecule has 0 aromatic heterocycles. The number of aliphatic hydroxyl groups excluding tert-OH is 1. The van der Waals surface area contributed by atoms with Crippen molar-refractivity contribution >= 4 is 11.7 Å². The molecule has 0 bridgehead atoms. The number of carbonyl (C=O) groups excluding carboxylic acids is 1. The second-order valence-electron chi connectivity index (χ2n) is 5.86. The predicted octanol–water partition coefficient (Wildman–Crippen LogP) is 2.31. The molecular formula is C15H13F4N3O2. The lowest BCUT2D eigenvalue weighted by atomic mass is 10.0. The van der Waals surface area contributed by atoms with Gasteiger partial charge in [-0.25, -0.2) is 9.18 Å². The summed E-state index contributed by atoms with van der Waals surface area (Å²) < 4.78 is 54.9. The number of urea groups is 1. The summed E-state index contributed by atoms with van der Waals surface area (Å²) in [6, 6.07) is -0.846. The maximum absolute atomic E-state index is 14.1. The number of hydrogen-bond donors (Lipinski definition) is 1. The molecule has 128 valence electrons. The van der Waals surface area contributed by atoms with Gasteiger partial charge in [-0.15, -0.1) is 0 Å². The van der Waals surface area contributed by atoms with Crippen LogP contribution in [0.4, 0.5) is 28.0 Å². The van der Waals surface area contributed by atoms with E-state index in [0.717, 1.165) is 17.0 Å². The number of alkyl halides is 3. The number of fused-ring (bicyclic) bond motifs is 1. The highest BCUT2D eigenvalue weighted by molar-refractivity contribution is 5.97. The topological polar surface area (TPSA) is 67.6 Å². The minimum Gasteiger partial charge on any atom is -0.391 e. The van der Waals surface area contributed by atoms with Crippen LogP contribution in [0.2, 0.25) is 0 Å². The number of rotatable bonds is 1. The third-order valence-electron chi connectivity index (χ3n) is 4.55. The van der Waals surface area contributed by atoms with Crippen LogP contribution in [-0.4, -0.2) is 46.9 Å². The van der Waals surface area contributed by atoms with Gasteiger partial charge in [0.15, 0.2) is 6.04 Å². The minimum atomic E-state index is -4.79. The Labute approximate surface area is 134 Å². The average molecular weight is 343 g/mol. The number of hydrogen-bond acceptors (Lipinski definition) is 3. The summed E-state index contributed by atoms with van der Waals surface area (Å²) in [4.78, 5) is 13.9. The molecule has 3 atom stereocenters. The van der Waals surface area contributed by atoms with Gasteiger partial charge in [-0.1, -0.05) is 0 Å². The van der Waals surface area contributed by atoms with Gasteiger partial charge < -0.3 is 10.0 Å². The fourth-order valence-corrected chi connectivity index (χ4v) is 3.43. The summed E-state index contributed by atoms with van der Waals surface area (Å²) in [5, 5.41) is 18.7. The fourth-order valence-electron chi connectivity index (χ4n) is 3.43. The van der Waals surface area contributed by atoms with Crippen molar-refractivity contribution in [3.05, 3.63) is 29.1 Å². The quantitative estimate of drug-likeness (QED) is 0.796. The number of benzene rings is 1. The number of amides is 2. The molecule has 0 radical (unpaired) electrons. The third-order valence-corrected chi connectivity index (χ3v) is 4.55. The molecule has 0 spiro atoms. The van der Waals surface area contributed by atoms with E-state index in [1.54, 1.807) is 6.07 Å². The third kappa shape index (κ3) is 2.21. The first-order valence-electron chi connectivity index (χ1n) is 7.22. The van der Waals surface area contributed by atoms with E-state index in [9.17, 15) is 27.5 Å². The van der Waals surface area contributed by atoms with Gasteiger partial charge in [0.2, 0.25) is 0 Å². The number of nitrogens with zero attached hydrogens (tertiary/aromatic N) is 3. The second-order valence-corrected chi connectivity index (χ2v) is 5.86. The molecular weight excluding hydrogens is 330 g/mol. The highest BCUT2D eigenvalue weighted by Crippen LogP contribution is 2.43. The maximum atomic E-state index is 14.1. The molecule has 3 unspecified atom stereocenters. The summed E-state index contributed by atoms with van der Waals surface area (Å²) in [6.45, 7) is 1.22. The Balaban J connectivity index is 2.14. The standard InChI is InChI=1S/C15H13F4N3O2/c1-7-9(3-2-8(6-20)11(7)16)22-13(15(17,18)19)12-10(23)4-5-21(12)14(22)24/h2-3,10,12-13,23H,4-5H2,1H3. The number of halogens is 4. The lowest BCUT2D eigenvalue weighted by molar-refractivity contribution is -0.156. The van der Waals surface area contributed by atoms with Crippen molar-refractivity contribution in [2.75, 3.05) is 11.4 Å². The summed E-state index contributed by atoms with van der Waals surface area (Å²) in [7, 11) is 0. The minimum absolute atomic E-state index is 0.00551. The first kappa shape index (κ1) is 16.5. The van der Waals surface area contributed by atoms with Crippen LogP contribution < -0.4 is 4.90 Å². The zero-order valence-corrected chi connectivity index (χ0v) is 12.5. The summed E-state index contributed by atoms with van der Waals surface area (Å²) in [6.07, 6.45) is -6.02. The van der Waals surface area contributed by atoms with E-state index in [0.29, 0.717) is 4.90 Å². The van der Waals surface area contributed by atoms with Gasteiger partial charge >= 0.3 is 12.2 Å².